The minimum Gasteiger partial charge on any atom is -0.508 e. The highest BCUT2D eigenvalue weighted by atomic mass is 32.2. The highest BCUT2D eigenvalue weighted by Gasteiger charge is 2.57. The van der Waals surface area contributed by atoms with Crippen LogP contribution in [-0.2, 0) is 10.8 Å². The number of rotatable bonds is 14. The number of fused-ring (bicyclic) bond motifs is 5. The van der Waals surface area contributed by atoms with Gasteiger partial charge in [-0.3, -0.25) is 4.21 Å². The van der Waals surface area contributed by atoms with E-state index in [0.717, 1.165) is 76.2 Å². The maximum Gasteiger partial charge on any atom is 0.453 e. The van der Waals surface area contributed by atoms with Gasteiger partial charge in [0.2, 0.25) is 0 Å². The van der Waals surface area contributed by atoms with Crippen LogP contribution >= 0.6 is 0 Å². The summed E-state index contributed by atoms with van der Waals surface area (Å²) in [5.74, 6) is -2.80. The van der Waals surface area contributed by atoms with Crippen LogP contribution in [0.5, 0.6) is 5.75 Å². The Morgan fingerprint density at radius 1 is 0.952 bits per heavy atom. The van der Waals surface area contributed by atoms with Gasteiger partial charge < -0.3 is 10.2 Å². The average molecular weight is 619 g/mol. The van der Waals surface area contributed by atoms with E-state index in [2.05, 4.69) is 13.5 Å². The predicted molar refractivity (Wildman–Crippen MR) is 157 cm³/mol. The molecule has 1 aromatic carbocycles. The van der Waals surface area contributed by atoms with Crippen molar-refractivity contribution in [3.05, 3.63) is 41.5 Å². The van der Waals surface area contributed by atoms with Crippen molar-refractivity contribution in [2.24, 2.45) is 23.2 Å². The lowest BCUT2D eigenvalue weighted by Crippen LogP contribution is -2.45. The van der Waals surface area contributed by atoms with Crippen LogP contribution in [0.1, 0.15) is 120 Å². The molecule has 2 N–H and O–H groups in total. The molecule has 0 spiro atoms. The monoisotopic (exact) mass is 618 g/mol. The van der Waals surface area contributed by atoms with E-state index in [9.17, 15) is 36.4 Å². The summed E-state index contributed by atoms with van der Waals surface area (Å²) in [5.41, 5.74) is 3.61. The Kier molecular flexibility index (Phi) is 10.9. The predicted octanol–water partition coefficient (Wildman–Crippen LogP) is 9.37. The van der Waals surface area contributed by atoms with E-state index in [4.69, 9.17) is 0 Å². The first-order valence-electron chi connectivity index (χ1n) is 15.7. The van der Waals surface area contributed by atoms with E-state index in [1.54, 1.807) is 12.1 Å². The van der Waals surface area contributed by atoms with E-state index in [1.165, 1.54) is 11.1 Å². The first-order valence-corrected chi connectivity index (χ1v) is 17.2. The third kappa shape index (κ3) is 7.24. The van der Waals surface area contributed by atoms with Crippen LogP contribution in [0.2, 0.25) is 0 Å². The van der Waals surface area contributed by atoms with Crippen LogP contribution in [0.4, 0.5) is 22.0 Å². The van der Waals surface area contributed by atoms with Gasteiger partial charge in [-0.15, -0.1) is 0 Å². The van der Waals surface area contributed by atoms with Crippen LogP contribution in [0.3, 0.4) is 0 Å². The van der Waals surface area contributed by atoms with E-state index in [-0.39, 0.29) is 22.8 Å². The molecule has 0 bridgehead atoms. The molecule has 4 rings (SSSR count). The molecule has 2 saturated carbocycles. The number of aliphatic hydroxyl groups excluding tert-OH is 1. The summed E-state index contributed by atoms with van der Waals surface area (Å²) in [6.45, 7) is 6.80. The Bertz CT molecular complexity index is 1110. The minimum atomic E-state index is -5.55. The standard InChI is InChI=1S/C33H47F5O3S/c1-22-12-15-28-29-25(16-18-31(22,28)2)24-14-13-23(39)21-27(24)30(40)26(29)11-8-6-4-3-5-7-9-19-42(41)20-10-17-32(34,35)33(36,37)38/h13-14,21,25-26,28-30,39-40H,1,3-12,15-20H2,2H3/t25?,26-,28?,29?,30-,31+,42?/m0/s1. The Balaban J connectivity index is 1.19. The lowest BCUT2D eigenvalue weighted by Gasteiger charge is -2.54. The minimum absolute atomic E-state index is 0.126. The van der Waals surface area contributed by atoms with Crippen molar-refractivity contribution in [2.45, 2.75) is 121 Å². The summed E-state index contributed by atoms with van der Waals surface area (Å²) in [5, 5.41) is 21.8. The number of alkyl halides is 5. The van der Waals surface area contributed by atoms with Crippen molar-refractivity contribution < 1.29 is 36.4 Å². The second kappa shape index (κ2) is 13.7. The zero-order chi connectivity index (χ0) is 30.7. The topological polar surface area (TPSA) is 57.5 Å². The van der Waals surface area contributed by atoms with Crippen LogP contribution in [0.25, 0.3) is 0 Å². The van der Waals surface area contributed by atoms with Crippen LogP contribution in [-0.4, -0.2) is 38.0 Å². The Morgan fingerprint density at radius 2 is 1.60 bits per heavy atom. The fraction of sp³-hybridized carbons (Fsp3) is 0.758. The maximum atomic E-state index is 13.0. The number of aromatic hydroxyl groups is 1. The normalized spacial score (nSPS) is 30.1. The largest absolute Gasteiger partial charge is 0.508 e. The number of hydrogen-bond donors (Lipinski definition) is 2. The van der Waals surface area contributed by atoms with Gasteiger partial charge in [0, 0.05) is 28.7 Å². The highest BCUT2D eigenvalue weighted by molar-refractivity contribution is 7.84. The van der Waals surface area contributed by atoms with Crippen molar-refractivity contribution in [2.75, 3.05) is 11.5 Å². The maximum absolute atomic E-state index is 13.0. The molecule has 3 nitrogen and oxygen atoms in total. The van der Waals surface area contributed by atoms with Crippen LogP contribution in [0.15, 0.2) is 30.4 Å². The summed E-state index contributed by atoms with van der Waals surface area (Å²) in [4.78, 5) is 0. The molecule has 3 aliphatic rings. The molecule has 0 heterocycles. The van der Waals surface area contributed by atoms with Crippen molar-refractivity contribution in [3.8, 4) is 5.75 Å². The quantitative estimate of drug-likeness (QED) is 0.124. The van der Waals surface area contributed by atoms with E-state index in [1.807, 2.05) is 6.07 Å². The van der Waals surface area contributed by atoms with Crippen molar-refractivity contribution in [3.63, 3.8) is 0 Å². The molecule has 7 atom stereocenters. The van der Waals surface area contributed by atoms with Gasteiger partial charge in [-0.05, 0) is 97.3 Å². The van der Waals surface area contributed by atoms with E-state index in [0.29, 0.717) is 29.9 Å². The third-order valence-electron chi connectivity index (χ3n) is 10.7. The molecule has 0 amide bonds. The summed E-state index contributed by atoms with van der Waals surface area (Å²) >= 11 is 0. The van der Waals surface area contributed by atoms with Crippen molar-refractivity contribution in [1.29, 1.82) is 0 Å². The highest BCUT2D eigenvalue weighted by Crippen LogP contribution is 2.65. The number of allylic oxidation sites excluding steroid dienone is 1. The van der Waals surface area contributed by atoms with Crippen molar-refractivity contribution >= 4 is 10.8 Å². The second-order valence-corrected chi connectivity index (χ2v) is 14.9. The number of benzene rings is 1. The molecular formula is C33H47F5O3S. The van der Waals surface area contributed by atoms with Gasteiger partial charge in [0.05, 0.1) is 6.10 Å². The SMILES string of the molecule is C=C1CCC2C3C(CC[C@]12C)c1ccc(O)cc1[C@@H](O)[C@H]3CCCCCCCCCS(=O)CCCC(F)(F)C(F)(F)F. The van der Waals surface area contributed by atoms with Gasteiger partial charge in [0.15, 0.2) is 0 Å². The van der Waals surface area contributed by atoms with Gasteiger partial charge in [0.25, 0.3) is 0 Å². The lowest BCUT2D eigenvalue weighted by molar-refractivity contribution is -0.284. The molecule has 9 heteroatoms. The fourth-order valence-electron chi connectivity index (χ4n) is 8.24. The zero-order valence-electron chi connectivity index (χ0n) is 24.7. The molecule has 238 valence electrons. The third-order valence-corrected chi connectivity index (χ3v) is 12.2. The smallest absolute Gasteiger partial charge is 0.453 e. The molecule has 0 aliphatic heterocycles. The first kappa shape index (κ1) is 33.4. The molecule has 3 aliphatic carbocycles. The Labute approximate surface area is 249 Å². The number of phenols is 1. The van der Waals surface area contributed by atoms with Gasteiger partial charge in [0.1, 0.15) is 5.75 Å². The second-order valence-electron chi connectivity index (χ2n) is 13.2. The van der Waals surface area contributed by atoms with Gasteiger partial charge in [-0.25, -0.2) is 0 Å². The molecule has 2 fully saturated rings. The summed E-state index contributed by atoms with van der Waals surface area (Å²) in [6, 6.07) is 5.54. The Morgan fingerprint density at radius 3 is 2.29 bits per heavy atom. The van der Waals surface area contributed by atoms with Crippen LogP contribution < -0.4 is 0 Å². The molecule has 0 radical (unpaired) electrons. The van der Waals surface area contributed by atoms with Crippen molar-refractivity contribution in [1.82, 2.24) is 0 Å². The number of aliphatic hydroxyl groups is 1. The average Bonchev–Trinajstić information content (AvgIpc) is 3.22. The molecule has 42 heavy (non-hydrogen) atoms. The van der Waals surface area contributed by atoms with E-state index >= 15 is 0 Å². The summed E-state index contributed by atoms with van der Waals surface area (Å²) in [7, 11) is -1.37. The number of phenolic OH excluding ortho intramolecular Hbond substituents is 1. The molecule has 1 aromatic rings. The summed E-state index contributed by atoms with van der Waals surface area (Å²) in [6.07, 6.45) is 4.19. The first-order chi connectivity index (χ1) is 19.8. The molecular weight excluding hydrogens is 571 g/mol. The van der Waals surface area contributed by atoms with Gasteiger partial charge >= 0.3 is 12.1 Å². The van der Waals surface area contributed by atoms with E-state index < -0.39 is 41.8 Å². The number of hydrogen-bond acceptors (Lipinski definition) is 3. The van der Waals surface area contributed by atoms with Crippen LogP contribution in [0, 0.1) is 23.2 Å². The molecule has 4 unspecified atom stereocenters. The summed E-state index contributed by atoms with van der Waals surface area (Å²) < 4.78 is 74.6. The fourth-order valence-corrected chi connectivity index (χ4v) is 9.43. The molecule has 0 saturated heterocycles. The van der Waals surface area contributed by atoms with Gasteiger partial charge in [-0.1, -0.05) is 63.7 Å². The van der Waals surface area contributed by atoms with Gasteiger partial charge in [-0.2, -0.15) is 22.0 Å². The number of halogens is 5. The lowest BCUT2D eigenvalue weighted by atomic mass is 9.51. The zero-order valence-corrected chi connectivity index (χ0v) is 25.6. The Hall–Kier alpha value is -1.48. The molecule has 0 aromatic heterocycles. The number of unbranched alkanes of at least 4 members (excludes halogenated alkanes) is 6.